The molecule has 0 aromatic carbocycles. The van der Waals surface area contributed by atoms with E-state index in [-0.39, 0.29) is 12.3 Å². The van der Waals surface area contributed by atoms with Crippen molar-refractivity contribution in [3.63, 3.8) is 0 Å². The number of hydrogen-bond acceptors (Lipinski definition) is 2. The number of aliphatic carboxylic acids is 1. The van der Waals surface area contributed by atoms with E-state index in [0.717, 1.165) is 0 Å². The second-order valence-corrected chi connectivity index (χ2v) is 3.10. The average molecular weight is 174 g/mol. The van der Waals surface area contributed by atoms with E-state index in [2.05, 4.69) is 0 Å². The van der Waals surface area contributed by atoms with Crippen molar-refractivity contribution in [3.05, 3.63) is 0 Å². The molecule has 72 valence electrons. The highest BCUT2D eigenvalue weighted by atomic mass is 16.4. The highest BCUT2D eigenvalue weighted by molar-refractivity contribution is 5.77. The van der Waals surface area contributed by atoms with Crippen LogP contribution in [0.1, 0.15) is 40.0 Å². The standard InChI is InChI=1S/C9H18O3/c1-4-7(5-2)9(12,6-3)8(10)11/h7,12H,4-6H2,1-3H3,(H,10,11). The molecule has 0 fully saturated rings. The van der Waals surface area contributed by atoms with E-state index in [1.165, 1.54) is 0 Å². The fourth-order valence-corrected chi connectivity index (χ4v) is 1.58. The normalized spacial score (nSPS) is 16.1. The highest BCUT2D eigenvalue weighted by Crippen LogP contribution is 2.27. The molecule has 0 rings (SSSR count). The summed E-state index contributed by atoms with van der Waals surface area (Å²) >= 11 is 0. The van der Waals surface area contributed by atoms with E-state index in [1.807, 2.05) is 13.8 Å². The molecule has 0 aromatic heterocycles. The van der Waals surface area contributed by atoms with Crippen LogP contribution in [0.25, 0.3) is 0 Å². The molecule has 0 heterocycles. The Kier molecular flexibility index (Phi) is 4.24. The predicted octanol–water partition coefficient (Wildman–Crippen LogP) is 1.65. The van der Waals surface area contributed by atoms with E-state index in [4.69, 9.17) is 5.11 Å². The molecule has 1 atom stereocenters. The minimum Gasteiger partial charge on any atom is -0.479 e. The number of rotatable bonds is 5. The summed E-state index contributed by atoms with van der Waals surface area (Å²) in [7, 11) is 0. The molecule has 0 aliphatic rings. The molecule has 0 aliphatic carbocycles. The minimum absolute atomic E-state index is 0.139. The molecular formula is C9H18O3. The average Bonchev–Trinajstić information content (AvgIpc) is 2.05. The van der Waals surface area contributed by atoms with Gasteiger partial charge in [0.15, 0.2) is 5.60 Å². The lowest BCUT2D eigenvalue weighted by atomic mass is 9.81. The van der Waals surface area contributed by atoms with Crippen molar-refractivity contribution in [3.8, 4) is 0 Å². The van der Waals surface area contributed by atoms with Gasteiger partial charge in [0.25, 0.3) is 0 Å². The molecule has 0 spiro atoms. The van der Waals surface area contributed by atoms with Gasteiger partial charge in [0.05, 0.1) is 0 Å². The fraction of sp³-hybridized carbons (Fsp3) is 0.889. The van der Waals surface area contributed by atoms with Crippen LogP contribution < -0.4 is 0 Å². The largest absolute Gasteiger partial charge is 0.479 e. The molecule has 3 nitrogen and oxygen atoms in total. The summed E-state index contributed by atoms with van der Waals surface area (Å²) < 4.78 is 0. The Bertz CT molecular complexity index is 152. The first kappa shape index (κ1) is 11.4. The van der Waals surface area contributed by atoms with Crippen LogP contribution >= 0.6 is 0 Å². The van der Waals surface area contributed by atoms with Crippen LogP contribution in [0.4, 0.5) is 0 Å². The number of aliphatic hydroxyl groups is 1. The van der Waals surface area contributed by atoms with E-state index < -0.39 is 11.6 Å². The third-order valence-electron chi connectivity index (χ3n) is 2.57. The Labute approximate surface area is 73.4 Å². The zero-order chi connectivity index (χ0) is 9.78. The molecule has 0 bridgehead atoms. The summed E-state index contributed by atoms with van der Waals surface area (Å²) in [4.78, 5) is 10.8. The van der Waals surface area contributed by atoms with Gasteiger partial charge in [-0.15, -0.1) is 0 Å². The topological polar surface area (TPSA) is 57.5 Å². The van der Waals surface area contributed by atoms with Gasteiger partial charge in [-0.3, -0.25) is 0 Å². The lowest BCUT2D eigenvalue weighted by Crippen LogP contribution is -2.44. The number of carboxylic acids is 1. The van der Waals surface area contributed by atoms with Gasteiger partial charge in [-0.2, -0.15) is 0 Å². The fourth-order valence-electron chi connectivity index (χ4n) is 1.58. The van der Waals surface area contributed by atoms with Crippen molar-refractivity contribution in [1.29, 1.82) is 0 Å². The zero-order valence-electron chi connectivity index (χ0n) is 8.00. The van der Waals surface area contributed by atoms with Gasteiger partial charge in [-0.25, -0.2) is 4.79 Å². The first-order chi connectivity index (χ1) is 5.52. The Morgan fingerprint density at radius 1 is 1.33 bits per heavy atom. The molecule has 0 radical (unpaired) electrons. The molecule has 2 N–H and O–H groups in total. The molecule has 3 heteroatoms. The van der Waals surface area contributed by atoms with Crippen molar-refractivity contribution >= 4 is 5.97 Å². The molecule has 12 heavy (non-hydrogen) atoms. The summed E-state index contributed by atoms with van der Waals surface area (Å²) in [5.74, 6) is -1.24. The molecule has 0 amide bonds. The summed E-state index contributed by atoms with van der Waals surface area (Å²) in [5, 5.41) is 18.6. The zero-order valence-corrected chi connectivity index (χ0v) is 8.00. The van der Waals surface area contributed by atoms with E-state index >= 15 is 0 Å². The van der Waals surface area contributed by atoms with Crippen LogP contribution in [0, 0.1) is 5.92 Å². The quantitative estimate of drug-likeness (QED) is 0.666. The van der Waals surface area contributed by atoms with E-state index in [0.29, 0.717) is 12.8 Å². The Balaban J connectivity index is 4.58. The number of hydrogen-bond donors (Lipinski definition) is 2. The van der Waals surface area contributed by atoms with E-state index in [9.17, 15) is 9.90 Å². The lowest BCUT2D eigenvalue weighted by molar-refractivity contribution is -0.165. The highest BCUT2D eigenvalue weighted by Gasteiger charge is 2.40. The predicted molar refractivity (Wildman–Crippen MR) is 46.9 cm³/mol. The Morgan fingerprint density at radius 2 is 1.75 bits per heavy atom. The Morgan fingerprint density at radius 3 is 1.83 bits per heavy atom. The van der Waals surface area contributed by atoms with Gasteiger partial charge in [0.2, 0.25) is 0 Å². The third kappa shape index (κ3) is 1.97. The van der Waals surface area contributed by atoms with Crippen LogP contribution in [-0.4, -0.2) is 21.8 Å². The summed E-state index contributed by atoms with van der Waals surface area (Å²) in [6.45, 7) is 5.50. The van der Waals surface area contributed by atoms with Crippen molar-refractivity contribution in [2.45, 2.75) is 45.6 Å². The van der Waals surface area contributed by atoms with Crippen LogP contribution in [0.15, 0.2) is 0 Å². The molecule has 0 aromatic rings. The molecule has 0 saturated carbocycles. The maximum Gasteiger partial charge on any atom is 0.335 e. The van der Waals surface area contributed by atoms with Crippen molar-refractivity contribution in [1.82, 2.24) is 0 Å². The van der Waals surface area contributed by atoms with Gasteiger partial charge in [0.1, 0.15) is 0 Å². The number of carbonyl (C=O) groups is 1. The second kappa shape index (κ2) is 4.45. The first-order valence-electron chi connectivity index (χ1n) is 4.48. The molecule has 0 saturated heterocycles. The molecule has 1 unspecified atom stereocenters. The number of carboxylic acid groups (broad SMARTS) is 1. The maximum atomic E-state index is 10.8. The monoisotopic (exact) mass is 174 g/mol. The minimum atomic E-state index is -1.52. The smallest absolute Gasteiger partial charge is 0.335 e. The van der Waals surface area contributed by atoms with Gasteiger partial charge in [-0.1, -0.05) is 20.8 Å². The second-order valence-electron chi connectivity index (χ2n) is 3.10. The SMILES string of the molecule is CCC(CC)C(O)(CC)C(=O)O. The van der Waals surface area contributed by atoms with Crippen LogP contribution in [0.5, 0.6) is 0 Å². The molecular weight excluding hydrogens is 156 g/mol. The summed E-state index contributed by atoms with van der Waals surface area (Å²) in [5.41, 5.74) is -1.52. The third-order valence-corrected chi connectivity index (χ3v) is 2.57. The van der Waals surface area contributed by atoms with Gasteiger partial charge in [-0.05, 0) is 25.2 Å². The van der Waals surface area contributed by atoms with Crippen molar-refractivity contribution in [2.75, 3.05) is 0 Å². The first-order valence-corrected chi connectivity index (χ1v) is 4.48. The van der Waals surface area contributed by atoms with Crippen molar-refractivity contribution < 1.29 is 15.0 Å². The maximum absolute atomic E-state index is 10.8. The van der Waals surface area contributed by atoms with Gasteiger partial charge >= 0.3 is 5.97 Å². The van der Waals surface area contributed by atoms with Crippen LogP contribution in [0.3, 0.4) is 0 Å². The van der Waals surface area contributed by atoms with Crippen molar-refractivity contribution in [2.24, 2.45) is 5.92 Å². The molecule has 0 aliphatic heterocycles. The van der Waals surface area contributed by atoms with Gasteiger partial charge < -0.3 is 10.2 Å². The van der Waals surface area contributed by atoms with Crippen LogP contribution in [0.2, 0.25) is 0 Å². The van der Waals surface area contributed by atoms with E-state index in [1.54, 1.807) is 6.92 Å². The Hall–Kier alpha value is -0.570. The van der Waals surface area contributed by atoms with Crippen LogP contribution in [-0.2, 0) is 4.79 Å². The van der Waals surface area contributed by atoms with Gasteiger partial charge in [0, 0.05) is 0 Å². The lowest BCUT2D eigenvalue weighted by Gasteiger charge is -2.29. The summed E-state index contributed by atoms with van der Waals surface area (Å²) in [6.07, 6.45) is 1.68. The summed E-state index contributed by atoms with van der Waals surface area (Å²) in [6, 6.07) is 0.